The van der Waals surface area contributed by atoms with Crippen LogP contribution in [0.1, 0.15) is 53.9 Å². The van der Waals surface area contributed by atoms with Crippen LogP contribution in [0.5, 0.6) is 0 Å². The molecule has 3 nitrogen and oxygen atoms in total. The van der Waals surface area contributed by atoms with Gasteiger partial charge in [0.1, 0.15) is 0 Å². The molecule has 1 aliphatic rings. The monoisotopic (exact) mass is 319 g/mol. The van der Waals surface area contributed by atoms with Crippen LogP contribution in [0.4, 0.5) is 0 Å². The number of nitrogens with one attached hydrogen (secondary N) is 1. The van der Waals surface area contributed by atoms with Crippen LogP contribution in [0, 0.1) is 0 Å². The molecule has 3 heteroatoms. The predicted octanol–water partition coefficient (Wildman–Crippen LogP) is 5.58. The van der Waals surface area contributed by atoms with Gasteiger partial charge in [-0.05, 0) is 48.1 Å². The van der Waals surface area contributed by atoms with Crippen LogP contribution in [-0.4, -0.2) is 16.1 Å². The summed E-state index contributed by atoms with van der Waals surface area (Å²) in [4.78, 5) is 14.9. The highest BCUT2D eigenvalue weighted by Gasteiger charge is 2.24. The van der Waals surface area contributed by atoms with Crippen molar-refractivity contribution in [2.45, 2.75) is 38.0 Å². The molecule has 2 aromatic carbocycles. The molecule has 1 heterocycles. The fraction of sp³-hybridized carbons (Fsp3) is 0.286. The lowest BCUT2D eigenvalue weighted by Gasteiger charge is -2.23. The number of benzene rings is 2. The van der Waals surface area contributed by atoms with Gasteiger partial charge >= 0.3 is 5.97 Å². The van der Waals surface area contributed by atoms with Gasteiger partial charge < -0.3 is 10.1 Å². The van der Waals surface area contributed by atoms with Gasteiger partial charge in [-0.15, -0.1) is 0 Å². The third kappa shape index (κ3) is 2.60. The van der Waals surface area contributed by atoms with Crippen LogP contribution in [0.15, 0.2) is 48.5 Å². The lowest BCUT2D eigenvalue weighted by Crippen LogP contribution is -2.05. The molecular weight excluding hydrogens is 298 g/mol. The van der Waals surface area contributed by atoms with Crippen molar-refractivity contribution in [3.63, 3.8) is 0 Å². The smallest absolute Gasteiger partial charge is 0.335 e. The number of carbonyl (C=O) groups is 1. The summed E-state index contributed by atoms with van der Waals surface area (Å²) in [5.41, 5.74) is 5.02. The Morgan fingerprint density at radius 1 is 1.00 bits per heavy atom. The summed E-state index contributed by atoms with van der Waals surface area (Å²) in [6, 6.07) is 15.8. The molecule has 0 spiro atoms. The second-order valence-corrected chi connectivity index (χ2v) is 6.68. The molecule has 0 bridgehead atoms. The number of hydrogen-bond acceptors (Lipinski definition) is 1. The molecule has 0 aliphatic heterocycles. The third-order valence-electron chi connectivity index (χ3n) is 5.16. The number of rotatable bonds is 3. The quantitative estimate of drug-likeness (QED) is 0.662. The van der Waals surface area contributed by atoms with E-state index < -0.39 is 5.97 Å². The molecule has 0 atom stereocenters. The largest absolute Gasteiger partial charge is 0.478 e. The van der Waals surface area contributed by atoms with Crippen molar-refractivity contribution < 1.29 is 9.90 Å². The first-order valence-electron chi connectivity index (χ1n) is 8.68. The molecule has 3 aromatic rings. The highest BCUT2D eigenvalue weighted by Crippen LogP contribution is 2.42. The minimum Gasteiger partial charge on any atom is -0.478 e. The molecule has 1 aliphatic carbocycles. The van der Waals surface area contributed by atoms with E-state index in [2.05, 4.69) is 17.1 Å². The lowest BCUT2D eigenvalue weighted by atomic mass is 9.81. The third-order valence-corrected chi connectivity index (χ3v) is 5.16. The SMILES string of the molecule is O=C(O)c1ccc2[nH]c(-c3ccccc3)c(C3CCCCC3)c2c1. The maximum atomic E-state index is 11.4. The molecule has 0 unspecified atom stereocenters. The van der Waals surface area contributed by atoms with Gasteiger partial charge in [-0.1, -0.05) is 49.6 Å². The zero-order valence-electron chi connectivity index (χ0n) is 13.6. The first-order valence-corrected chi connectivity index (χ1v) is 8.68. The Morgan fingerprint density at radius 3 is 2.46 bits per heavy atom. The van der Waals surface area contributed by atoms with Crippen LogP contribution in [0.3, 0.4) is 0 Å². The van der Waals surface area contributed by atoms with E-state index in [1.54, 1.807) is 6.07 Å². The Labute approximate surface area is 141 Å². The number of hydrogen-bond donors (Lipinski definition) is 2. The Morgan fingerprint density at radius 2 is 1.75 bits per heavy atom. The van der Waals surface area contributed by atoms with Gasteiger partial charge in [0.2, 0.25) is 0 Å². The van der Waals surface area contributed by atoms with Crippen LogP contribution in [0.25, 0.3) is 22.2 Å². The lowest BCUT2D eigenvalue weighted by molar-refractivity contribution is 0.0697. The summed E-state index contributed by atoms with van der Waals surface area (Å²) >= 11 is 0. The van der Waals surface area contributed by atoms with Gasteiger partial charge in [-0.2, -0.15) is 0 Å². The van der Waals surface area contributed by atoms with Gasteiger partial charge in [-0.3, -0.25) is 0 Å². The maximum Gasteiger partial charge on any atom is 0.335 e. The van der Waals surface area contributed by atoms with Gasteiger partial charge in [-0.25, -0.2) is 4.79 Å². The van der Waals surface area contributed by atoms with E-state index in [-0.39, 0.29) is 0 Å². The zero-order valence-corrected chi connectivity index (χ0v) is 13.6. The normalized spacial score (nSPS) is 15.7. The average Bonchev–Trinajstić information content (AvgIpc) is 3.01. The topological polar surface area (TPSA) is 53.1 Å². The van der Waals surface area contributed by atoms with Crippen molar-refractivity contribution in [2.24, 2.45) is 0 Å². The minimum absolute atomic E-state index is 0.359. The Bertz CT molecular complexity index is 873. The molecule has 1 aromatic heterocycles. The number of carboxylic acids is 1. The minimum atomic E-state index is -0.867. The highest BCUT2D eigenvalue weighted by molar-refractivity contribution is 5.97. The molecule has 1 fully saturated rings. The second-order valence-electron chi connectivity index (χ2n) is 6.68. The van der Waals surface area contributed by atoms with Crippen LogP contribution >= 0.6 is 0 Å². The van der Waals surface area contributed by atoms with E-state index in [4.69, 9.17) is 0 Å². The molecular formula is C21H21NO2. The fourth-order valence-corrected chi connectivity index (χ4v) is 3.99. The number of carboxylic acid groups (broad SMARTS) is 1. The maximum absolute atomic E-state index is 11.4. The molecule has 24 heavy (non-hydrogen) atoms. The molecule has 0 saturated heterocycles. The van der Waals surface area contributed by atoms with Crippen molar-refractivity contribution in [1.29, 1.82) is 0 Å². The molecule has 0 amide bonds. The van der Waals surface area contributed by atoms with Crippen LogP contribution in [0.2, 0.25) is 0 Å². The van der Waals surface area contributed by atoms with Crippen molar-refractivity contribution >= 4 is 16.9 Å². The van der Waals surface area contributed by atoms with Gasteiger partial charge in [0.05, 0.1) is 5.56 Å². The fourth-order valence-electron chi connectivity index (χ4n) is 3.99. The summed E-state index contributed by atoms with van der Waals surface area (Å²) < 4.78 is 0. The van der Waals surface area contributed by atoms with E-state index >= 15 is 0 Å². The summed E-state index contributed by atoms with van der Waals surface area (Å²) in [6.45, 7) is 0. The number of aromatic amines is 1. The van der Waals surface area contributed by atoms with E-state index in [1.807, 2.05) is 30.3 Å². The number of aromatic nitrogens is 1. The molecule has 122 valence electrons. The Hall–Kier alpha value is -2.55. The Balaban J connectivity index is 1.95. The van der Waals surface area contributed by atoms with Gasteiger partial charge in [0.25, 0.3) is 0 Å². The van der Waals surface area contributed by atoms with Gasteiger partial charge in [0, 0.05) is 16.6 Å². The first kappa shape index (κ1) is 15.0. The molecule has 2 N–H and O–H groups in total. The van der Waals surface area contributed by atoms with E-state index in [1.165, 1.54) is 43.2 Å². The molecule has 4 rings (SSSR count). The van der Waals surface area contributed by atoms with E-state index in [0.29, 0.717) is 11.5 Å². The zero-order chi connectivity index (χ0) is 16.5. The summed E-state index contributed by atoms with van der Waals surface area (Å²) in [6.07, 6.45) is 6.18. The van der Waals surface area contributed by atoms with E-state index in [9.17, 15) is 9.90 Å². The van der Waals surface area contributed by atoms with Crippen molar-refractivity contribution in [3.8, 4) is 11.3 Å². The highest BCUT2D eigenvalue weighted by atomic mass is 16.4. The number of fused-ring (bicyclic) bond motifs is 1. The first-order chi connectivity index (χ1) is 11.7. The van der Waals surface area contributed by atoms with Crippen molar-refractivity contribution in [3.05, 3.63) is 59.7 Å². The van der Waals surface area contributed by atoms with Crippen molar-refractivity contribution in [2.75, 3.05) is 0 Å². The standard InChI is InChI=1S/C21H21NO2/c23-21(24)16-11-12-18-17(13-16)19(14-7-3-1-4-8-14)20(22-18)15-9-5-2-6-10-15/h2,5-6,9-14,22H,1,3-4,7-8H2,(H,23,24). The summed E-state index contributed by atoms with van der Waals surface area (Å²) in [5.74, 6) is -0.360. The van der Waals surface area contributed by atoms with Crippen LogP contribution < -0.4 is 0 Å². The second kappa shape index (κ2) is 6.16. The number of H-pyrrole nitrogens is 1. The van der Waals surface area contributed by atoms with Crippen molar-refractivity contribution in [1.82, 2.24) is 4.98 Å². The van der Waals surface area contributed by atoms with Crippen LogP contribution in [-0.2, 0) is 0 Å². The summed E-state index contributed by atoms with van der Waals surface area (Å²) in [5, 5.41) is 10.4. The van der Waals surface area contributed by atoms with Gasteiger partial charge in [0.15, 0.2) is 0 Å². The Kier molecular flexibility index (Phi) is 3.85. The average molecular weight is 319 g/mol. The van der Waals surface area contributed by atoms with E-state index in [0.717, 1.165) is 16.6 Å². The molecule has 0 radical (unpaired) electrons. The number of aromatic carboxylic acids is 1. The predicted molar refractivity (Wildman–Crippen MR) is 96.5 cm³/mol. The summed E-state index contributed by atoms with van der Waals surface area (Å²) in [7, 11) is 0. The molecule has 1 saturated carbocycles.